The van der Waals surface area contributed by atoms with E-state index in [0.717, 1.165) is 16.6 Å². The van der Waals surface area contributed by atoms with Gasteiger partial charge in [0, 0.05) is 0 Å². The van der Waals surface area contributed by atoms with Crippen molar-refractivity contribution >= 4 is 28.9 Å². The maximum Gasteiger partial charge on any atom is 0.408 e. The van der Waals surface area contributed by atoms with Crippen molar-refractivity contribution in [3.05, 3.63) is 66.5 Å². The van der Waals surface area contributed by atoms with Crippen LogP contribution in [0.4, 0.5) is 4.79 Å². The molecular formula is C20H21N5O4. The van der Waals surface area contributed by atoms with Crippen molar-refractivity contribution in [3.8, 4) is 0 Å². The first kappa shape index (κ1) is 19.9. The number of nitrogens with one attached hydrogen (secondary N) is 3. The number of ether oxygens (including phenoxy) is 1. The Morgan fingerprint density at radius 2 is 1.76 bits per heavy atom. The van der Waals surface area contributed by atoms with Crippen LogP contribution < -0.4 is 16.2 Å². The summed E-state index contributed by atoms with van der Waals surface area (Å²) in [6.07, 6.45) is 0.826. The Morgan fingerprint density at radius 1 is 1.03 bits per heavy atom. The van der Waals surface area contributed by atoms with Gasteiger partial charge < -0.3 is 14.6 Å². The van der Waals surface area contributed by atoms with Crippen LogP contribution in [0.25, 0.3) is 11.0 Å². The van der Waals surface area contributed by atoms with Crippen LogP contribution in [0.1, 0.15) is 12.5 Å². The molecule has 0 fully saturated rings. The van der Waals surface area contributed by atoms with E-state index < -0.39 is 23.9 Å². The molecule has 9 nitrogen and oxygen atoms in total. The Bertz CT molecular complexity index is 1000. The molecule has 1 unspecified atom stereocenters. The number of hydrazine groups is 1. The third-order valence-corrected chi connectivity index (χ3v) is 4.11. The van der Waals surface area contributed by atoms with Crippen LogP contribution in [-0.2, 0) is 27.5 Å². The van der Waals surface area contributed by atoms with E-state index in [1.54, 1.807) is 10.9 Å². The number of para-hydroxylation sites is 2. The van der Waals surface area contributed by atoms with Crippen molar-refractivity contribution in [2.24, 2.45) is 0 Å². The predicted octanol–water partition coefficient (Wildman–Crippen LogP) is 1.50. The number of nitrogens with zero attached hydrogens (tertiary/aromatic N) is 2. The molecule has 29 heavy (non-hydrogen) atoms. The van der Waals surface area contributed by atoms with Crippen molar-refractivity contribution in [2.45, 2.75) is 26.1 Å². The molecular weight excluding hydrogens is 374 g/mol. The molecule has 0 aliphatic heterocycles. The van der Waals surface area contributed by atoms with Gasteiger partial charge in [-0.3, -0.25) is 20.4 Å². The first-order chi connectivity index (χ1) is 14.0. The second-order valence-electron chi connectivity index (χ2n) is 6.33. The summed E-state index contributed by atoms with van der Waals surface area (Å²) >= 11 is 0. The number of rotatable bonds is 6. The number of amides is 3. The Hall–Kier alpha value is -3.88. The molecule has 0 bridgehead atoms. The molecule has 3 N–H and O–H groups in total. The van der Waals surface area contributed by atoms with Gasteiger partial charge in [0.2, 0.25) is 0 Å². The van der Waals surface area contributed by atoms with Crippen LogP contribution in [0.3, 0.4) is 0 Å². The van der Waals surface area contributed by atoms with E-state index in [-0.39, 0.29) is 13.2 Å². The molecule has 150 valence electrons. The Balaban J connectivity index is 1.41. The van der Waals surface area contributed by atoms with E-state index >= 15 is 0 Å². The van der Waals surface area contributed by atoms with Gasteiger partial charge in [-0.25, -0.2) is 9.78 Å². The fourth-order valence-corrected chi connectivity index (χ4v) is 2.58. The normalized spacial score (nSPS) is 11.5. The molecule has 1 aromatic heterocycles. The van der Waals surface area contributed by atoms with Crippen LogP contribution >= 0.6 is 0 Å². The highest BCUT2D eigenvalue weighted by Gasteiger charge is 2.17. The number of imidazole rings is 1. The summed E-state index contributed by atoms with van der Waals surface area (Å²) in [7, 11) is 0. The summed E-state index contributed by atoms with van der Waals surface area (Å²) in [6, 6.07) is 15.7. The van der Waals surface area contributed by atoms with Gasteiger partial charge in [-0.15, -0.1) is 0 Å². The molecule has 1 atom stereocenters. The first-order valence-corrected chi connectivity index (χ1v) is 8.98. The van der Waals surface area contributed by atoms with E-state index in [4.69, 9.17) is 4.74 Å². The quantitative estimate of drug-likeness (QED) is 0.547. The molecule has 3 rings (SSSR count). The lowest BCUT2D eigenvalue weighted by molar-refractivity contribution is -0.130. The number of carbonyl (C=O) groups is 3. The zero-order valence-corrected chi connectivity index (χ0v) is 15.8. The minimum Gasteiger partial charge on any atom is -0.445 e. The number of carbonyl (C=O) groups excluding carboxylic acids is 3. The predicted molar refractivity (Wildman–Crippen MR) is 105 cm³/mol. The summed E-state index contributed by atoms with van der Waals surface area (Å²) in [5.41, 5.74) is 7.01. The van der Waals surface area contributed by atoms with E-state index in [1.807, 2.05) is 54.6 Å². The maximum absolute atomic E-state index is 12.1. The van der Waals surface area contributed by atoms with Crippen molar-refractivity contribution in [2.75, 3.05) is 0 Å². The number of fused-ring (bicyclic) bond motifs is 1. The summed E-state index contributed by atoms with van der Waals surface area (Å²) < 4.78 is 6.72. The third kappa shape index (κ3) is 5.55. The highest BCUT2D eigenvalue weighted by Crippen LogP contribution is 2.11. The second kappa shape index (κ2) is 9.36. The number of hydrogen-bond donors (Lipinski definition) is 3. The minimum absolute atomic E-state index is 0.0122. The molecule has 0 saturated carbocycles. The van der Waals surface area contributed by atoms with Gasteiger partial charge >= 0.3 is 6.09 Å². The molecule has 0 saturated heterocycles. The number of benzene rings is 2. The standard InChI is InChI=1S/C20H21N5O4/c1-14(22-20(28)29-12-15-7-3-2-4-8-15)19(27)24-23-18(26)11-25-13-21-16-9-5-6-10-17(16)25/h2-10,13-14H,11-12H2,1H3,(H,22,28)(H,23,26)(H,24,27). The van der Waals surface area contributed by atoms with Crippen molar-refractivity contribution < 1.29 is 19.1 Å². The maximum atomic E-state index is 12.1. The Morgan fingerprint density at radius 3 is 2.55 bits per heavy atom. The van der Waals surface area contributed by atoms with E-state index in [0.29, 0.717) is 0 Å². The van der Waals surface area contributed by atoms with Crippen LogP contribution in [0.2, 0.25) is 0 Å². The largest absolute Gasteiger partial charge is 0.445 e. The number of alkyl carbamates (subject to hydrolysis) is 1. The van der Waals surface area contributed by atoms with Gasteiger partial charge in [-0.05, 0) is 24.6 Å². The monoisotopic (exact) mass is 395 g/mol. The van der Waals surface area contributed by atoms with Crippen LogP contribution in [-0.4, -0.2) is 33.5 Å². The van der Waals surface area contributed by atoms with Crippen molar-refractivity contribution in [1.82, 2.24) is 25.7 Å². The first-order valence-electron chi connectivity index (χ1n) is 8.98. The zero-order chi connectivity index (χ0) is 20.6. The zero-order valence-electron chi connectivity index (χ0n) is 15.8. The summed E-state index contributed by atoms with van der Waals surface area (Å²) in [6.45, 7) is 1.56. The van der Waals surface area contributed by atoms with Gasteiger partial charge in [0.05, 0.1) is 17.4 Å². The van der Waals surface area contributed by atoms with Crippen molar-refractivity contribution in [3.63, 3.8) is 0 Å². The molecule has 9 heteroatoms. The lowest BCUT2D eigenvalue weighted by Gasteiger charge is -2.15. The highest BCUT2D eigenvalue weighted by atomic mass is 16.5. The molecule has 1 heterocycles. The lowest BCUT2D eigenvalue weighted by Crippen LogP contribution is -2.51. The van der Waals surface area contributed by atoms with Crippen LogP contribution in [0, 0.1) is 0 Å². The summed E-state index contributed by atoms with van der Waals surface area (Å²) in [5.74, 6) is -1.01. The number of aromatic nitrogens is 2. The average Bonchev–Trinajstić information content (AvgIpc) is 3.14. The molecule has 2 aromatic carbocycles. The van der Waals surface area contributed by atoms with Crippen LogP contribution in [0.15, 0.2) is 60.9 Å². The number of hydrogen-bond acceptors (Lipinski definition) is 5. The topological polar surface area (TPSA) is 114 Å². The lowest BCUT2D eigenvalue weighted by atomic mass is 10.2. The average molecular weight is 395 g/mol. The van der Waals surface area contributed by atoms with E-state index in [2.05, 4.69) is 21.2 Å². The SMILES string of the molecule is CC(NC(=O)OCc1ccccc1)C(=O)NNC(=O)Cn1cnc2ccccc21. The van der Waals surface area contributed by atoms with Gasteiger partial charge in [0.25, 0.3) is 11.8 Å². The molecule has 3 amide bonds. The van der Waals surface area contributed by atoms with E-state index in [1.165, 1.54) is 6.92 Å². The van der Waals surface area contributed by atoms with Crippen LogP contribution in [0.5, 0.6) is 0 Å². The van der Waals surface area contributed by atoms with Gasteiger partial charge in [-0.1, -0.05) is 42.5 Å². The minimum atomic E-state index is -0.896. The molecule has 0 radical (unpaired) electrons. The fourth-order valence-electron chi connectivity index (χ4n) is 2.58. The molecule has 0 aliphatic rings. The summed E-state index contributed by atoms with van der Waals surface area (Å²) in [5, 5.41) is 2.40. The Labute approximate surface area is 167 Å². The fraction of sp³-hybridized carbons (Fsp3) is 0.200. The van der Waals surface area contributed by atoms with Gasteiger partial charge in [-0.2, -0.15) is 0 Å². The smallest absolute Gasteiger partial charge is 0.408 e. The highest BCUT2D eigenvalue weighted by molar-refractivity contribution is 5.87. The second-order valence-corrected chi connectivity index (χ2v) is 6.33. The van der Waals surface area contributed by atoms with E-state index in [9.17, 15) is 14.4 Å². The molecule has 3 aromatic rings. The van der Waals surface area contributed by atoms with Gasteiger partial charge in [0.1, 0.15) is 19.2 Å². The van der Waals surface area contributed by atoms with Gasteiger partial charge in [0.15, 0.2) is 0 Å². The van der Waals surface area contributed by atoms with Crippen molar-refractivity contribution in [1.29, 1.82) is 0 Å². The summed E-state index contributed by atoms with van der Waals surface area (Å²) in [4.78, 5) is 40.1. The Kier molecular flexibility index (Phi) is 6.41. The third-order valence-electron chi connectivity index (χ3n) is 4.11. The molecule has 0 aliphatic carbocycles. The molecule has 0 spiro atoms.